The SMILES string of the molecule is CC(Nc1ncc(Br)cc1Br)c1ccccc1F. The third kappa shape index (κ3) is 3.09. The Bertz CT molecular complexity index is 560. The number of benzene rings is 1. The van der Waals surface area contributed by atoms with Gasteiger partial charge in [0.15, 0.2) is 0 Å². The van der Waals surface area contributed by atoms with Crippen LogP contribution in [0.5, 0.6) is 0 Å². The topological polar surface area (TPSA) is 24.9 Å². The second-order valence-electron chi connectivity index (χ2n) is 3.87. The molecule has 0 aliphatic rings. The van der Waals surface area contributed by atoms with E-state index in [2.05, 4.69) is 42.2 Å². The third-order valence-electron chi connectivity index (χ3n) is 2.53. The Balaban J connectivity index is 2.21. The van der Waals surface area contributed by atoms with Gasteiger partial charge in [0.1, 0.15) is 11.6 Å². The molecule has 1 heterocycles. The molecule has 0 fully saturated rings. The quantitative estimate of drug-likeness (QED) is 0.825. The summed E-state index contributed by atoms with van der Waals surface area (Å²) in [5.74, 6) is 0.472. The molecule has 0 bridgehead atoms. The highest BCUT2D eigenvalue weighted by Gasteiger charge is 2.12. The molecule has 5 heteroatoms. The predicted octanol–water partition coefficient (Wildman–Crippen LogP) is 4.92. The molecule has 0 spiro atoms. The minimum Gasteiger partial charge on any atom is -0.363 e. The van der Waals surface area contributed by atoms with E-state index in [-0.39, 0.29) is 11.9 Å². The first-order chi connectivity index (χ1) is 8.58. The minimum atomic E-state index is -0.217. The van der Waals surface area contributed by atoms with Gasteiger partial charge in [-0.05, 0) is 50.9 Å². The van der Waals surface area contributed by atoms with Gasteiger partial charge in [0.05, 0.1) is 10.5 Å². The molecule has 2 rings (SSSR count). The molecule has 1 N–H and O–H groups in total. The van der Waals surface area contributed by atoms with Gasteiger partial charge in [-0.25, -0.2) is 9.37 Å². The molecule has 0 amide bonds. The standard InChI is InChI=1S/C13H11Br2FN2/c1-8(10-4-2-3-5-12(10)16)18-13-11(15)6-9(14)7-17-13/h2-8H,1H3,(H,17,18). The van der Waals surface area contributed by atoms with E-state index in [4.69, 9.17) is 0 Å². The monoisotopic (exact) mass is 372 g/mol. The molecule has 0 saturated carbocycles. The van der Waals surface area contributed by atoms with Crippen molar-refractivity contribution in [3.8, 4) is 0 Å². The zero-order chi connectivity index (χ0) is 13.1. The molecule has 2 nitrogen and oxygen atoms in total. The van der Waals surface area contributed by atoms with Crippen LogP contribution in [0.15, 0.2) is 45.5 Å². The van der Waals surface area contributed by atoms with Gasteiger partial charge >= 0.3 is 0 Å². The van der Waals surface area contributed by atoms with Crippen molar-refractivity contribution in [2.45, 2.75) is 13.0 Å². The first kappa shape index (κ1) is 13.5. The lowest BCUT2D eigenvalue weighted by Gasteiger charge is -2.16. The summed E-state index contributed by atoms with van der Waals surface area (Å²) in [7, 11) is 0. The maximum Gasteiger partial charge on any atom is 0.140 e. The number of rotatable bonds is 3. The van der Waals surface area contributed by atoms with Crippen LogP contribution >= 0.6 is 31.9 Å². The van der Waals surface area contributed by atoms with E-state index in [0.717, 1.165) is 8.95 Å². The number of hydrogen-bond donors (Lipinski definition) is 1. The summed E-state index contributed by atoms with van der Waals surface area (Å²) in [6.07, 6.45) is 1.70. The summed E-state index contributed by atoms with van der Waals surface area (Å²) >= 11 is 6.76. The smallest absolute Gasteiger partial charge is 0.140 e. The fraction of sp³-hybridized carbons (Fsp3) is 0.154. The maximum atomic E-state index is 13.6. The summed E-state index contributed by atoms with van der Waals surface area (Å²) in [5, 5.41) is 3.18. The van der Waals surface area contributed by atoms with Gasteiger partial charge < -0.3 is 5.32 Å². The summed E-state index contributed by atoms with van der Waals surface area (Å²) in [4.78, 5) is 4.25. The molecule has 2 aromatic rings. The molecule has 0 aliphatic carbocycles. The van der Waals surface area contributed by atoms with Crippen molar-refractivity contribution >= 4 is 37.7 Å². The number of anilines is 1. The number of aromatic nitrogens is 1. The largest absolute Gasteiger partial charge is 0.363 e. The van der Waals surface area contributed by atoms with Crippen LogP contribution in [-0.2, 0) is 0 Å². The molecule has 94 valence electrons. The minimum absolute atomic E-state index is 0.156. The molecule has 1 aromatic heterocycles. The summed E-state index contributed by atoms with van der Waals surface area (Å²) in [5.41, 5.74) is 0.620. The predicted molar refractivity (Wildman–Crippen MR) is 78.1 cm³/mol. The molecule has 1 unspecified atom stereocenters. The van der Waals surface area contributed by atoms with Gasteiger partial charge in [0, 0.05) is 16.2 Å². The second kappa shape index (κ2) is 5.80. The number of pyridine rings is 1. The van der Waals surface area contributed by atoms with Crippen molar-refractivity contribution in [2.24, 2.45) is 0 Å². The van der Waals surface area contributed by atoms with Crippen LogP contribution < -0.4 is 5.32 Å². The highest BCUT2D eigenvalue weighted by atomic mass is 79.9. The Morgan fingerprint density at radius 1 is 1.28 bits per heavy atom. The fourth-order valence-electron chi connectivity index (χ4n) is 1.63. The summed E-state index contributed by atoms with van der Waals surface area (Å²) < 4.78 is 15.3. The fourth-order valence-corrected chi connectivity index (χ4v) is 2.73. The number of hydrogen-bond acceptors (Lipinski definition) is 2. The van der Waals surface area contributed by atoms with E-state index < -0.39 is 0 Å². The lowest BCUT2D eigenvalue weighted by molar-refractivity contribution is 0.600. The van der Waals surface area contributed by atoms with Gasteiger partial charge in [-0.3, -0.25) is 0 Å². The number of nitrogens with zero attached hydrogens (tertiary/aromatic N) is 1. The highest BCUT2D eigenvalue weighted by Crippen LogP contribution is 2.27. The summed E-state index contributed by atoms with van der Waals surface area (Å²) in [6.45, 7) is 1.90. The van der Waals surface area contributed by atoms with E-state index in [1.165, 1.54) is 6.07 Å². The Morgan fingerprint density at radius 3 is 2.67 bits per heavy atom. The van der Waals surface area contributed by atoms with Crippen molar-refractivity contribution < 1.29 is 4.39 Å². The first-order valence-electron chi connectivity index (χ1n) is 5.40. The molecule has 0 saturated heterocycles. The Morgan fingerprint density at radius 2 is 2.00 bits per heavy atom. The van der Waals surface area contributed by atoms with Gasteiger partial charge in [0.2, 0.25) is 0 Å². The average Bonchev–Trinajstić information content (AvgIpc) is 2.33. The van der Waals surface area contributed by atoms with Crippen molar-refractivity contribution in [2.75, 3.05) is 5.32 Å². The Kier molecular flexibility index (Phi) is 4.35. The van der Waals surface area contributed by atoms with Crippen molar-refractivity contribution in [3.05, 3.63) is 56.9 Å². The van der Waals surface area contributed by atoms with Crippen LogP contribution in [0, 0.1) is 5.82 Å². The van der Waals surface area contributed by atoms with E-state index >= 15 is 0 Å². The van der Waals surface area contributed by atoms with Crippen LogP contribution in [0.25, 0.3) is 0 Å². The van der Waals surface area contributed by atoms with Crippen LogP contribution in [0.2, 0.25) is 0 Å². The lowest BCUT2D eigenvalue weighted by Crippen LogP contribution is -2.10. The van der Waals surface area contributed by atoms with Gasteiger partial charge in [-0.1, -0.05) is 18.2 Å². The Hall–Kier alpha value is -0.940. The van der Waals surface area contributed by atoms with Crippen molar-refractivity contribution in [3.63, 3.8) is 0 Å². The van der Waals surface area contributed by atoms with E-state index in [9.17, 15) is 4.39 Å². The van der Waals surface area contributed by atoms with Crippen molar-refractivity contribution in [1.29, 1.82) is 0 Å². The number of nitrogens with one attached hydrogen (secondary N) is 1. The van der Waals surface area contributed by atoms with Crippen LogP contribution in [0.1, 0.15) is 18.5 Å². The first-order valence-corrected chi connectivity index (χ1v) is 6.98. The number of halogens is 3. The maximum absolute atomic E-state index is 13.6. The third-order valence-corrected chi connectivity index (χ3v) is 3.57. The van der Waals surface area contributed by atoms with Crippen molar-refractivity contribution in [1.82, 2.24) is 4.98 Å². The zero-order valence-electron chi connectivity index (χ0n) is 9.62. The molecule has 0 radical (unpaired) electrons. The highest BCUT2D eigenvalue weighted by molar-refractivity contribution is 9.11. The second-order valence-corrected chi connectivity index (χ2v) is 5.64. The lowest BCUT2D eigenvalue weighted by atomic mass is 10.1. The molecule has 1 aromatic carbocycles. The molecule has 1 atom stereocenters. The van der Waals surface area contributed by atoms with Gasteiger partial charge in [-0.15, -0.1) is 0 Å². The molecular weight excluding hydrogens is 363 g/mol. The van der Waals surface area contributed by atoms with Crippen LogP contribution in [0.4, 0.5) is 10.2 Å². The van der Waals surface area contributed by atoms with Gasteiger partial charge in [0.25, 0.3) is 0 Å². The molecule has 0 aliphatic heterocycles. The van der Waals surface area contributed by atoms with E-state index in [0.29, 0.717) is 11.4 Å². The zero-order valence-corrected chi connectivity index (χ0v) is 12.8. The normalized spacial score (nSPS) is 12.2. The van der Waals surface area contributed by atoms with Gasteiger partial charge in [-0.2, -0.15) is 0 Å². The van der Waals surface area contributed by atoms with Crippen LogP contribution in [-0.4, -0.2) is 4.98 Å². The van der Waals surface area contributed by atoms with E-state index in [1.807, 2.05) is 19.1 Å². The van der Waals surface area contributed by atoms with E-state index in [1.54, 1.807) is 18.3 Å². The van der Waals surface area contributed by atoms with Crippen LogP contribution in [0.3, 0.4) is 0 Å². The molecular formula is C13H11Br2FN2. The molecule has 18 heavy (non-hydrogen) atoms. The average molecular weight is 374 g/mol. The summed E-state index contributed by atoms with van der Waals surface area (Å²) in [6, 6.07) is 8.46. The Labute approximate surface area is 122 Å².